The largest absolute Gasteiger partial charge is 0.495 e. The Morgan fingerprint density at radius 3 is 2.53 bits per heavy atom. The SMILES string of the molecule is COc1c(Br)cc(F)cc1-c1ccnc(N2CC3(CN(C(=O)OC(C)(C)C)C3)C2)c1. The monoisotopic (exact) mass is 477 g/mol. The fourth-order valence-electron chi connectivity index (χ4n) is 4.09. The minimum absolute atomic E-state index is 0.105. The second-order valence-electron chi connectivity index (χ2n) is 9.06. The zero-order valence-corrected chi connectivity index (χ0v) is 19.1. The van der Waals surface area contributed by atoms with Crippen LogP contribution < -0.4 is 9.64 Å². The zero-order chi connectivity index (χ0) is 21.7. The molecule has 0 saturated carbocycles. The van der Waals surface area contributed by atoms with E-state index in [1.807, 2.05) is 32.9 Å². The van der Waals surface area contributed by atoms with Gasteiger partial charge in [0.1, 0.15) is 23.0 Å². The Hall–Kier alpha value is -2.35. The fourth-order valence-corrected chi connectivity index (χ4v) is 4.68. The average molecular weight is 478 g/mol. The van der Waals surface area contributed by atoms with Crippen LogP contribution in [0.3, 0.4) is 0 Å². The number of amides is 1. The van der Waals surface area contributed by atoms with Crippen LogP contribution in [0.25, 0.3) is 11.1 Å². The number of halogens is 2. The number of rotatable bonds is 3. The summed E-state index contributed by atoms with van der Waals surface area (Å²) in [5.74, 6) is 1.08. The second kappa shape index (κ2) is 7.41. The first-order chi connectivity index (χ1) is 14.1. The lowest BCUT2D eigenvalue weighted by molar-refractivity contribution is -0.0454. The van der Waals surface area contributed by atoms with Gasteiger partial charge in [-0.05, 0) is 66.5 Å². The lowest BCUT2D eigenvalue weighted by Crippen LogP contribution is -2.73. The predicted molar refractivity (Wildman–Crippen MR) is 116 cm³/mol. The first-order valence-corrected chi connectivity index (χ1v) is 10.6. The number of carbonyl (C=O) groups excluding carboxylic acids is 1. The number of likely N-dealkylation sites (tertiary alicyclic amines) is 1. The number of aromatic nitrogens is 1. The van der Waals surface area contributed by atoms with Crippen LogP contribution in [0.4, 0.5) is 15.0 Å². The van der Waals surface area contributed by atoms with Crippen LogP contribution >= 0.6 is 15.9 Å². The predicted octanol–water partition coefficient (Wildman–Crippen LogP) is 4.72. The van der Waals surface area contributed by atoms with Gasteiger partial charge in [-0.3, -0.25) is 0 Å². The van der Waals surface area contributed by atoms with Crippen molar-refractivity contribution in [1.82, 2.24) is 9.88 Å². The smallest absolute Gasteiger partial charge is 0.410 e. The highest BCUT2D eigenvalue weighted by molar-refractivity contribution is 9.10. The molecule has 160 valence electrons. The standard InChI is InChI=1S/C22H25BrFN3O3/c1-21(2,3)30-20(28)27-12-22(13-27)10-26(11-22)18-7-14(5-6-25-18)16-8-15(24)9-17(23)19(16)29-4/h5-9H,10-13H2,1-4H3. The highest BCUT2D eigenvalue weighted by atomic mass is 79.9. The van der Waals surface area contributed by atoms with Crippen LogP contribution in [0.2, 0.25) is 0 Å². The molecule has 30 heavy (non-hydrogen) atoms. The van der Waals surface area contributed by atoms with Crippen LogP contribution in [0.1, 0.15) is 20.8 Å². The van der Waals surface area contributed by atoms with E-state index in [1.165, 1.54) is 12.1 Å². The maximum Gasteiger partial charge on any atom is 0.410 e. The number of ether oxygens (including phenoxy) is 2. The quantitative estimate of drug-likeness (QED) is 0.640. The summed E-state index contributed by atoms with van der Waals surface area (Å²) in [6.45, 7) is 8.66. The molecule has 2 aromatic rings. The highest BCUT2D eigenvalue weighted by Crippen LogP contribution is 2.43. The van der Waals surface area contributed by atoms with E-state index in [0.29, 0.717) is 28.9 Å². The number of benzene rings is 1. The van der Waals surface area contributed by atoms with Crippen molar-refractivity contribution in [2.45, 2.75) is 26.4 Å². The van der Waals surface area contributed by atoms with E-state index in [4.69, 9.17) is 9.47 Å². The topological polar surface area (TPSA) is 54.9 Å². The van der Waals surface area contributed by atoms with Gasteiger partial charge in [0.2, 0.25) is 0 Å². The summed E-state index contributed by atoms with van der Waals surface area (Å²) in [5, 5.41) is 0. The molecule has 0 aliphatic carbocycles. The number of carbonyl (C=O) groups is 1. The molecule has 2 saturated heterocycles. The molecule has 1 amide bonds. The van der Waals surface area contributed by atoms with Gasteiger partial charge in [0.15, 0.2) is 0 Å². The molecule has 0 N–H and O–H groups in total. The van der Waals surface area contributed by atoms with Gasteiger partial charge < -0.3 is 19.3 Å². The van der Waals surface area contributed by atoms with Gasteiger partial charge in [0, 0.05) is 43.4 Å². The van der Waals surface area contributed by atoms with Crippen molar-refractivity contribution < 1.29 is 18.7 Å². The van der Waals surface area contributed by atoms with Crippen LogP contribution in [0.15, 0.2) is 34.9 Å². The van der Waals surface area contributed by atoms with Crippen molar-refractivity contribution in [3.05, 3.63) is 40.8 Å². The molecule has 2 aliphatic heterocycles. The molecule has 1 spiro atoms. The van der Waals surface area contributed by atoms with E-state index in [9.17, 15) is 9.18 Å². The summed E-state index contributed by atoms with van der Waals surface area (Å²) in [4.78, 5) is 20.6. The van der Waals surface area contributed by atoms with Crippen LogP contribution in [-0.2, 0) is 4.74 Å². The van der Waals surface area contributed by atoms with Crippen molar-refractivity contribution in [2.24, 2.45) is 5.41 Å². The van der Waals surface area contributed by atoms with Gasteiger partial charge in [-0.2, -0.15) is 0 Å². The minimum atomic E-state index is -0.483. The minimum Gasteiger partial charge on any atom is -0.495 e. The summed E-state index contributed by atoms with van der Waals surface area (Å²) in [6, 6.07) is 6.64. The van der Waals surface area contributed by atoms with Crippen molar-refractivity contribution in [2.75, 3.05) is 38.2 Å². The van der Waals surface area contributed by atoms with Crippen molar-refractivity contribution >= 4 is 27.8 Å². The number of anilines is 1. The van der Waals surface area contributed by atoms with E-state index in [1.54, 1.807) is 18.2 Å². The summed E-state index contributed by atoms with van der Waals surface area (Å²) in [7, 11) is 1.57. The Labute approximate surface area is 184 Å². The van der Waals surface area contributed by atoms with Crippen molar-refractivity contribution in [3.8, 4) is 16.9 Å². The molecular weight excluding hydrogens is 453 g/mol. The van der Waals surface area contributed by atoms with Crippen molar-refractivity contribution in [3.63, 3.8) is 0 Å². The van der Waals surface area contributed by atoms with E-state index in [-0.39, 0.29) is 17.3 Å². The first kappa shape index (κ1) is 20.9. The first-order valence-electron chi connectivity index (χ1n) is 9.81. The third-order valence-electron chi connectivity index (χ3n) is 5.35. The van der Waals surface area contributed by atoms with Gasteiger partial charge in [0.05, 0.1) is 11.6 Å². The third-order valence-corrected chi connectivity index (χ3v) is 5.94. The molecule has 1 aromatic heterocycles. The Kier molecular flexibility index (Phi) is 5.16. The van der Waals surface area contributed by atoms with E-state index in [0.717, 1.165) is 24.5 Å². The summed E-state index contributed by atoms with van der Waals surface area (Å²) in [6.07, 6.45) is 1.47. The second-order valence-corrected chi connectivity index (χ2v) is 9.92. The van der Waals surface area contributed by atoms with Crippen molar-refractivity contribution in [1.29, 1.82) is 0 Å². The van der Waals surface area contributed by atoms with E-state index >= 15 is 0 Å². The summed E-state index contributed by atoms with van der Waals surface area (Å²) < 4.78 is 25.4. The lowest BCUT2D eigenvalue weighted by atomic mass is 9.73. The van der Waals surface area contributed by atoms with E-state index < -0.39 is 5.60 Å². The Balaban J connectivity index is 1.44. The van der Waals surface area contributed by atoms with Gasteiger partial charge >= 0.3 is 6.09 Å². The highest BCUT2D eigenvalue weighted by Gasteiger charge is 2.54. The molecular formula is C22H25BrFN3O3. The maximum atomic E-state index is 14.0. The maximum absolute atomic E-state index is 14.0. The summed E-state index contributed by atoms with van der Waals surface area (Å²) in [5.41, 5.74) is 1.13. The average Bonchev–Trinajstić information content (AvgIpc) is 2.57. The Morgan fingerprint density at radius 1 is 1.20 bits per heavy atom. The molecule has 1 aromatic carbocycles. The number of pyridine rings is 1. The van der Waals surface area contributed by atoms with Crippen LogP contribution in [-0.4, -0.2) is 54.9 Å². The van der Waals surface area contributed by atoms with Gasteiger partial charge in [-0.25, -0.2) is 14.2 Å². The van der Waals surface area contributed by atoms with Gasteiger partial charge in [-0.15, -0.1) is 0 Å². The molecule has 6 nitrogen and oxygen atoms in total. The lowest BCUT2D eigenvalue weighted by Gasteiger charge is -2.60. The molecule has 0 unspecified atom stereocenters. The summed E-state index contributed by atoms with van der Waals surface area (Å²) >= 11 is 3.36. The number of methoxy groups -OCH3 is 1. The van der Waals surface area contributed by atoms with Gasteiger partial charge in [-0.1, -0.05) is 0 Å². The fraction of sp³-hybridized carbons (Fsp3) is 0.455. The van der Waals surface area contributed by atoms with Crippen LogP contribution in [0, 0.1) is 11.2 Å². The molecule has 2 aliphatic rings. The molecule has 3 heterocycles. The third kappa shape index (κ3) is 3.97. The number of nitrogens with zero attached hydrogens (tertiary/aromatic N) is 3. The molecule has 2 fully saturated rings. The van der Waals surface area contributed by atoms with Gasteiger partial charge in [0.25, 0.3) is 0 Å². The molecule has 8 heteroatoms. The van der Waals surface area contributed by atoms with Crippen LogP contribution in [0.5, 0.6) is 5.75 Å². The number of hydrogen-bond acceptors (Lipinski definition) is 5. The normalized spacial score (nSPS) is 17.4. The molecule has 0 atom stereocenters. The van der Waals surface area contributed by atoms with E-state index in [2.05, 4.69) is 25.8 Å². The molecule has 0 radical (unpaired) electrons. The zero-order valence-electron chi connectivity index (χ0n) is 17.5. The molecule has 0 bridgehead atoms. The molecule has 4 rings (SSSR count). The Bertz CT molecular complexity index is 978. The Morgan fingerprint density at radius 2 is 1.90 bits per heavy atom. The number of hydrogen-bond donors (Lipinski definition) is 0.